The van der Waals surface area contributed by atoms with Gasteiger partial charge in [-0.2, -0.15) is 0 Å². The Hall–Kier alpha value is -0.770. The van der Waals surface area contributed by atoms with Gasteiger partial charge in [-0.3, -0.25) is 4.90 Å². The van der Waals surface area contributed by atoms with E-state index in [9.17, 15) is 0 Å². The molecule has 4 heteroatoms. The van der Waals surface area contributed by atoms with Crippen LogP contribution in [-0.4, -0.2) is 43.7 Å². The summed E-state index contributed by atoms with van der Waals surface area (Å²) in [5.41, 5.74) is 2.43. The lowest BCUT2D eigenvalue weighted by Gasteiger charge is -2.40. The van der Waals surface area contributed by atoms with Crippen LogP contribution in [-0.2, 0) is 6.54 Å². The maximum atomic E-state index is 6.52. The molecule has 1 fully saturated rings. The fourth-order valence-corrected chi connectivity index (χ4v) is 3.17. The zero-order valence-corrected chi connectivity index (χ0v) is 14.5. The van der Waals surface area contributed by atoms with Gasteiger partial charge in [-0.1, -0.05) is 38.4 Å². The molecule has 1 N–H and O–H groups in total. The Morgan fingerprint density at radius 3 is 2.71 bits per heavy atom. The third kappa shape index (κ3) is 4.35. The molecule has 118 valence electrons. The second kappa shape index (κ2) is 7.48. The fourth-order valence-electron chi connectivity index (χ4n) is 2.84. The molecule has 1 atom stereocenters. The Kier molecular flexibility index (Phi) is 5.91. The number of hydrogen-bond donors (Lipinski definition) is 1. The lowest BCUT2D eigenvalue weighted by atomic mass is 10.1. The fraction of sp³-hybridized carbons (Fsp3) is 0.647. The SMILES string of the molecule is CCC1CN(c2ccc(CNC(C)C)cc2Cl)CCN1C. The van der Waals surface area contributed by atoms with E-state index in [1.807, 2.05) is 0 Å². The van der Waals surface area contributed by atoms with Crippen molar-refractivity contribution in [1.29, 1.82) is 0 Å². The minimum absolute atomic E-state index is 0.492. The van der Waals surface area contributed by atoms with E-state index in [0.29, 0.717) is 12.1 Å². The van der Waals surface area contributed by atoms with E-state index < -0.39 is 0 Å². The van der Waals surface area contributed by atoms with Crippen molar-refractivity contribution in [1.82, 2.24) is 10.2 Å². The van der Waals surface area contributed by atoms with Gasteiger partial charge < -0.3 is 10.2 Å². The van der Waals surface area contributed by atoms with Crippen LogP contribution in [0.5, 0.6) is 0 Å². The first kappa shape index (κ1) is 16.6. The number of rotatable bonds is 5. The van der Waals surface area contributed by atoms with Crippen LogP contribution < -0.4 is 10.2 Å². The summed E-state index contributed by atoms with van der Waals surface area (Å²) in [6.45, 7) is 10.7. The zero-order valence-electron chi connectivity index (χ0n) is 13.7. The van der Waals surface area contributed by atoms with Crippen molar-refractivity contribution in [2.75, 3.05) is 31.6 Å². The van der Waals surface area contributed by atoms with Crippen LogP contribution in [0, 0.1) is 0 Å². The van der Waals surface area contributed by atoms with E-state index in [0.717, 1.165) is 31.2 Å². The van der Waals surface area contributed by atoms with Crippen molar-refractivity contribution in [2.45, 2.75) is 45.8 Å². The molecule has 3 nitrogen and oxygen atoms in total. The monoisotopic (exact) mass is 309 g/mol. The molecule has 21 heavy (non-hydrogen) atoms. The van der Waals surface area contributed by atoms with E-state index in [4.69, 9.17) is 11.6 Å². The third-order valence-electron chi connectivity index (χ3n) is 4.32. The molecule has 0 amide bonds. The molecule has 0 radical (unpaired) electrons. The van der Waals surface area contributed by atoms with Gasteiger partial charge >= 0.3 is 0 Å². The molecule has 1 aliphatic rings. The molecule has 0 bridgehead atoms. The molecule has 1 unspecified atom stereocenters. The first-order valence-corrected chi connectivity index (χ1v) is 8.36. The summed E-state index contributed by atoms with van der Waals surface area (Å²) < 4.78 is 0. The van der Waals surface area contributed by atoms with Crippen LogP contribution in [0.25, 0.3) is 0 Å². The van der Waals surface area contributed by atoms with E-state index in [2.05, 4.69) is 61.1 Å². The number of halogens is 1. The quantitative estimate of drug-likeness (QED) is 0.899. The van der Waals surface area contributed by atoms with E-state index in [-0.39, 0.29) is 0 Å². The molecular formula is C17H28ClN3. The third-order valence-corrected chi connectivity index (χ3v) is 4.62. The summed E-state index contributed by atoms with van der Waals surface area (Å²) in [6.07, 6.45) is 1.18. The maximum absolute atomic E-state index is 6.52. The number of nitrogens with one attached hydrogen (secondary N) is 1. The Balaban J connectivity index is 2.06. The Bertz CT molecular complexity index is 461. The average Bonchev–Trinajstić information content (AvgIpc) is 2.46. The molecule has 2 rings (SSSR count). The molecule has 1 aromatic rings. The number of hydrogen-bond acceptors (Lipinski definition) is 3. The van der Waals surface area contributed by atoms with Crippen molar-refractivity contribution in [2.24, 2.45) is 0 Å². The Morgan fingerprint density at radius 1 is 1.33 bits per heavy atom. The lowest BCUT2D eigenvalue weighted by Crippen LogP contribution is -2.51. The van der Waals surface area contributed by atoms with Crippen molar-refractivity contribution in [3.63, 3.8) is 0 Å². The lowest BCUT2D eigenvalue weighted by molar-refractivity contribution is 0.213. The highest BCUT2D eigenvalue weighted by atomic mass is 35.5. The van der Waals surface area contributed by atoms with Crippen LogP contribution in [0.15, 0.2) is 18.2 Å². The standard InChI is InChI=1S/C17H28ClN3/c1-5-15-12-21(9-8-20(15)4)17-7-6-14(10-16(17)18)11-19-13(2)3/h6-7,10,13,15,19H,5,8-9,11-12H2,1-4H3. The minimum Gasteiger partial charge on any atom is -0.367 e. The highest BCUT2D eigenvalue weighted by Crippen LogP contribution is 2.29. The summed E-state index contributed by atoms with van der Waals surface area (Å²) in [7, 11) is 2.22. The molecule has 1 aromatic carbocycles. The average molecular weight is 310 g/mol. The Labute approximate surface area is 134 Å². The van der Waals surface area contributed by atoms with Crippen LogP contribution in [0.4, 0.5) is 5.69 Å². The highest BCUT2D eigenvalue weighted by molar-refractivity contribution is 6.33. The molecule has 0 aromatic heterocycles. The predicted octanol–water partition coefficient (Wildman–Crippen LogP) is 3.37. The largest absolute Gasteiger partial charge is 0.367 e. The van der Waals surface area contributed by atoms with Gasteiger partial charge in [0.1, 0.15) is 0 Å². The van der Waals surface area contributed by atoms with Crippen LogP contribution in [0.2, 0.25) is 5.02 Å². The predicted molar refractivity (Wildman–Crippen MR) is 92.3 cm³/mol. The van der Waals surface area contributed by atoms with Crippen molar-refractivity contribution in [3.05, 3.63) is 28.8 Å². The number of nitrogens with zero attached hydrogens (tertiary/aromatic N) is 2. The number of piperazine rings is 1. The van der Waals surface area contributed by atoms with Crippen LogP contribution >= 0.6 is 11.6 Å². The van der Waals surface area contributed by atoms with Gasteiger partial charge in [-0.05, 0) is 31.2 Å². The summed E-state index contributed by atoms with van der Waals surface area (Å²) >= 11 is 6.52. The normalized spacial score (nSPS) is 20.3. The number of likely N-dealkylation sites (N-methyl/N-ethyl adjacent to an activating group) is 1. The van der Waals surface area contributed by atoms with E-state index >= 15 is 0 Å². The summed E-state index contributed by atoms with van der Waals surface area (Å²) in [5, 5.41) is 4.30. The molecular weight excluding hydrogens is 282 g/mol. The second-order valence-corrected chi connectivity index (χ2v) is 6.72. The van der Waals surface area contributed by atoms with Gasteiger partial charge in [-0.15, -0.1) is 0 Å². The smallest absolute Gasteiger partial charge is 0.0642 e. The second-order valence-electron chi connectivity index (χ2n) is 6.31. The molecule has 0 spiro atoms. The number of benzene rings is 1. The maximum Gasteiger partial charge on any atom is 0.0642 e. The molecule has 1 aliphatic heterocycles. The van der Waals surface area contributed by atoms with Crippen LogP contribution in [0.3, 0.4) is 0 Å². The van der Waals surface area contributed by atoms with Crippen molar-refractivity contribution in [3.8, 4) is 0 Å². The number of anilines is 1. The molecule has 0 aliphatic carbocycles. The van der Waals surface area contributed by atoms with E-state index in [1.165, 1.54) is 17.7 Å². The van der Waals surface area contributed by atoms with Gasteiger partial charge in [-0.25, -0.2) is 0 Å². The first-order chi connectivity index (χ1) is 10.0. The van der Waals surface area contributed by atoms with Gasteiger partial charge in [0, 0.05) is 38.3 Å². The van der Waals surface area contributed by atoms with Crippen molar-refractivity contribution >= 4 is 17.3 Å². The van der Waals surface area contributed by atoms with Crippen molar-refractivity contribution < 1.29 is 0 Å². The zero-order chi connectivity index (χ0) is 15.4. The van der Waals surface area contributed by atoms with Gasteiger partial charge in [0.2, 0.25) is 0 Å². The summed E-state index contributed by atoms with van der Waals surface area (Å²) in [4.78, 5) is 4.88. The first-order valence-electron chi connectivity index (χ1n) is 7.98. The minimum atomic E-state index is 0.492. The molecule has 1 saturated heterocycles. The van der Waals surface area contributed by atoms with Crippen LogP contribution in [0.1, 0.15) is 32.8 Å². The van der Waals surface area contributed by atoms with E-state index in [1.54, 1.807) is 0 Å². The molecule has 1 heterocycles. The Morgan fingerprint density at radius 2 is 2.10 bits per heavy atom. The van der Waals surface area contributed by atoms with Gasteiger partial charge in [0.15, 0.2) is 0 Å². The molecule has 0 saturated carbocycles. The van der Waals surface area contributed by atoms with Gasteiger partial charge in [0.25, 0.3) is 0 Å². The summed E-state index contributed by atoms with van der Waals surface area (Å²) in [6, 6.07) is 7.59. The highest BCUT2D eigenvalue weighted by Gasteiger charge is 2.24. The van der Waals surface area contributed by atoms with Gasteiger partial charge in [0.05, 0.1) is 10.7 Å². The summed E-state index contributed by atoms with van der Waals surface area (Å²) in [5.74, 6) is 0. The topological polar surface area (TPSA) is 18.5 Å².